The van der Waals surface area contributed by atoms with Gasteiger partial charge in [0, 0.05) is 6.61 Å². The van der Waals surface area contributed by atoms with Gasteiger partial charge in [-0.05, 0) is 50.6 Å². The molecule has 1 atom stereocenters. The third-order valence-corrected chi connectivity index (χ3v) is 3.37. The third kappa shape index (κ3) is 3.87. The molecule has 1 aliphatic heterocycles. The molecule has 4 heteroatoms. The van der Waals surface area contributed by atoms with Crippen molar-refractivity contribution < 1.29 is 9.47 Å². The van der Waals surface area contributed by atoms with E-state index in [1.807, 2.05) is 19.2 Å². The van der Waals surface area contributed by atoms with E-state index in [9.17, 15) is 0 Å². The number of ether oxygens (including phenoxy) is 2. The van der Waals surface area contributed by atoms with Gasteiger partial charge in [0.1, 0.15) is 11.9 Å². The highest BCUT2D eigenvalue weighted by Crippen LogP contribution is 2.27. The lowest BCUT2D eigenvalue weighted by Crippen LogP contribution is -2.28. The Morgan fingerprint density at radius 1 is 1.50 bits per heavy atom. The summed E-state index contributed by atoms with van der Waals surface area (Å²) < 4.78 is 11.3. The number of benzene rings is 1. The maximum Gasteiger partial charge on any atom is 0.138 e. The van der Waals surface area contributed by atoms with Gasteiger partial charge in [-0.1, -0.05) is 17.7 Å². The van der Waals surface area contributed by atoms with Gasteiger partial charge in [0.25, 0.3) is 0 Å². The number of halogens is 1. The van der Waals surface area contributed by atoms with Crippen LogP contribution in [-0.2, 0) is 11.2 Å². The van der Waals surface area contributed by atoms with Gasteiger partial charge in [-0.3, -0.25) is 0 Å². The van der Waals surface area contributed by atoms with Gasteiger partial charge in [0.15, 0.2) is 0 Å². The Morgan fingerprint density at radius 3 is 3.06 bits per heavy atom. The number of hydrogen-bond acceptors (Lipinski definition) is 3. The van der Waals surface area contributed by atoms with Gasteiger partial charge < -0.3 is 14.8 Å². The molecular weight excluding hydrogens is 250 g/mol. The normalized spacial score (nSPS) is 19.8. The first-order valence-electron chi connectivity index (χ1n) is 6.47. The molecule has 0 amide bonds. The minimum atomic E-state index is 0.138. The summed E-state index contributed by atoms with van der Waals surface area (Å²) in [6.07, 6.45) is 3.21. The second kappa shape index (κ2) is 6.98. The second-order valence-corrected chi connectivity index (χ2v) is 4.98. The minimum absolute atomic E-state index is 0.138. The maximum absolute atomic E-state index is 6.24. The molecule has 0 aliphatic carbocycles. The molecule has 100 valence electrons. The first kappa shape index (κ1) is 13.7. The maximum atomic E-state index is 6.24. The van der Waals surface area contributed by atoms with Crippen LogP contribution in [0.15, 0.2) is 18.2 Å². The van der Waals surface area contributed by atoms with Crippen LogP contribution in [0.4, 0.5) is 0 Å². The Morgan fingerprint density at radius 2 is 2.39 bits per heavy atom. The Kier molecular flexibility index (Phi) is 5.29. The molecule has 2 rings (SSSR count). The minimum Gasteiger partial charge on any atom is -0.486 e. The monoisotopic (exact) mass is 269 g/mol. The molecule has 1 N–H and O–H groups in total. The Hall–Kier alpha value is -0.770. The topological polar surface area (TPSA) is 30.5 Å². The highest BCUT2D eigenvalue weighted by Gasteiger charge is 2.16. The molecule has 0 aromatic heterocycles. The second-order valence-electron chi connectivity index (χ2n) is 4.58. The standard InChI is InChI=1S/C14H20ClNO2/c1-16-7-6-11-4-5-14(13(15)9-11)18-12-3-2-8-17-10-12/h4-5,9,12,16H,2-3,6-8,10H2,1H3. The predicted molar refractivity (Wildman–Crippen MR) is 73.6 cm³/mol. The fourth-order valence-electron chi connectivity index (χ4n) is 2.05. The highest BCUT2D eigenvalue weighted by atomic mass is 35.5. The van der Waals surface area contributed by atoms with Gasteiger partial charge in [-0.15, -0.1) is 0 Å². The summed E-state index contributed by atoms with van der Waals surface area (Å²) in [5.41, 5.74) is 1.22. The molecule has 3 nitrogen and oxygen atoms in total. The average molecular weight is 270 g/mol. The van der Waals surface area contributed by atoms with Gasteiger partial charge in [-0.2, -0.15) is 0 Å². The van der Waals surface area contributed by atoms with Crippen LogP contribution in [0.2, 0.25) is 5.02 Å². The average Bonchev–Trinajstić information content (AvgIpc) is 2.40. The van der Waals surface area contributed by atoms with E-state index in [0.717, 1.165) is 38.2 Å². The van der Waals surface area contributed by atoms with Gasteiger partial charge in [0.05, 0.1) is 11.6 Å². The number of hydrogen-bond donors (Lipinski definition) is 1. The smallest absolute Gasteiger partial charge is 0.138 e. The van der Waals surface area contributed by atoms with Crippen molar-refractivity contribution in [1.29, 1.82) is 0 Å². The van der Waals surface area contributed by atoms with Crippen LogP contribution >= 0.6 is 11.6 Å². The van der Waals surface area contributed by atoms with Crippen LogP contribution in [0.5, 0.6) is 5.75 Å². The van der Waals surface area contributed by atoms with Crippen LogP contribution in [0.25, 0.3) is 0 Å². The number of likely N-dealkylation sites (N-methyl/N-ethyl adjacent to an activating group) is 1. The fourth-order valence-corrected chi connectivity index (χ4v) is 2.30. The molecule has 0 bridgehead atoms. The molecule has 1 unspecified atom stereocenters. The molecule has 0 spiro atoms. The van der Waals surface area contributed by atoms with Crippen molar-refractivity contribution in [2.24, 2.45) is 0 Å². The van der Waals surface area contributed by atoms with Crippen LogP contribution in [0, 0.1) is 0 Å². The molecule has 0 saturated carbocycles. The van der Waals surface area contributed by atoms with Crippen molar-refractivity contribution in [2.45, 2.75) is 25.4 Å². The summed E-state index contributed by atoms with van der Waals surface area (Å²) >= 11 is 6.24. The summed E-state index contributed by atoms with van der Waals surface area (Å²) in [6.45, 7) is 2.46. The molecular formula is C14H20ClNO2. The van der Waals surface area contributed by atoms with E-state index in [4.69, 9.17) is 21.1 Å². The van der Waals surface area contributed by atoms with Crippen LogP contribution in [-0.4, -0.2) is 32.9 Å². The van der Waals surface area contributed by atoms with E-state index in [2.05, 4.69) is 11.4 Å². The van der Waals surface area contributed by atoms with Crippen molar-refractivity contribution in [3.63, 3.8) is 0 Å². The van der Waals surface area contributed by atoms with Crippen molar-refractivity contribution in [3.8, 4) is 5.75 Å². The molecule has 1 heterocycles. The van der Waals surface area contributed by atoms with Gasteiger partial charge >= 0.3 is 0 Å². The summed E-state index contributed by atoms with van der Waals surface area (Å²) in [7, 11) is 1.95. The van der Waals surface area contributed by atoms with Crippen molar-refractivity contribution in [1.82, 2.24) is 5.32 Å². The number of nitrogens with one attached hydrogen (secondary N) is 1. The quantitative estimate of drug-likeness (QED) is 0.892. The number of rotatable bonds is 5. The van der Waals surface area contributed by atoms with E-state index in [-0.39, 0.29) is 6.10 Å². The predicted octanol–water partition coefficient (Wildman–Crippen LogP) is 2.66. The van der Waals surface area contributed by atoms with E-state index in [1.54, 1.807) is 0 Å². The summed E-state index contributed by atoms with van der Waals surface area (Å²) in [5.74, 6) is 0.764. The molecule has 1 aromatic carbocycles. The molecule has 1 aliphatic rings. The molecule has 1 saturated heterocycles. The lowest BCUT2D eigenvalue weighted by atomic mass is 10.1. The van der Waals surface area contributed by atoms with Crippen LogP contribution in [0.3, 0.4) is 0 Å². The Bertz CT molecular complexity index is 378. The van der Waals surface area contributed by atoms with Crippen molar-refractivity contribution in [2.75, 3.05) is 26.8 Å². The van der Waals surface area contributed by atoms with E-state index in [1.165, 1.54) is 5.56 Å². The summed E-state index contributed by atoms with van der Waals surface area (Å²) in [5, 5.41) is 3.81. The molecule has 1 aromatic rings. The highest BCUT2D eigenvalue weighted by molar-refractivity contribution is 6.32. The van der Waals surface area contributed by atoms with E-state index < -0.39 is 0 Å². The van der Waals surface area contributed by atoms with E-state index in [0.29, 0.717) is 11.6 Å². The first-order chi connectivity index (χ1) is 8.79. The van der Waals surface area contributed by atoms with Gasteiger partial charge in [-0.25, -0.2) is 0 Å². The Labute approximate surface area is 113 Å². The first-order valence-corrected chi connectivity index (χ1v) is 6.85. The van der Waals surface area contributed by atoms with Crippen LogP contribution < -0.4 is 10.1 Å². The third-order valence-electron chi connectivity index (χ3n) is 3.07. The lowest BCUT2D eigenvalue weighted by molar-refractivity contribution is 0.00747. The van der Waals surface area contributed by atoms with E-state index >= 15 is 0 Å². The van der Waals surface area contributed by atoms with Gasteiger partial charge in [0.2, 0.25) is 0 Å². The largest absolute Gasteiger partial charge is 0.486 e. The molecule has 18 heavy (non-hydrogen) atoms. The SMILES string of the molecule is CNCCc1ccc(OC2CCCOC2)c(Cl)c1. The van der Waals surface area contributed by atoms with Crippen molar-refractivity contribution in [3.05, 3.63) is 28.8 Å². The van der Waals surface area contributed by atoms with Crippen LogP contribution in [0.1, 0.15) is 18.4 Å². The lowest BCUT2D eigenvalue weighted by Gasteiger charge is -2.23. The summed E-state index contributed by atoms with van der Waals surface area (Å²) in [6, 6.07) is 6.02. The Balaban J connectivity index is 1.95. The molecule has 0 radical (unpaired) electrons. The molecule has 1 fully saturated rings. The zero-order valence-electron chi connectivity index (χ0n) is 10.7. The zero-order chi connectivity index (χ0) is 12.8. The summed E-state index contributed by atoms with van der Waals surface area (Å²) in [4.78, 5) is 0. The van der Waals surface area contributed by atoms with Crippen molar-refractivity contribution >= 4 is 11.6 Å². The fraction of sp³-hybridized carbons (Fsp3) is 0.571. The zero-order valence-corrected chi connectivity index (χ0v) is 11.5.